The van der Waals surface area contributed by atoms with E-state index in [9.17, 15) is 4.79 Å². The normalized spacial score (nSPS) is 14.7. The molecule has 19 heavy (non-hydrogen) atoms. The minimum absolute atomic E-state index is 0.219. The van der Waals surface area contributed by atoms with Gasteiger partial charge in [-0.1, -0.05) is 13.8 Å². The second kappa shape index (κ2) is 6.06. The summed E-state index contributed by atoms with van der Waals surface area (Å²) in [6.07, 6.45) is 1.38. The van der Waals surface area contributed by atoms with Gasteiger partial charge in [-0.05, 0) is 36.1 Å². The zero-order valence-electron chi connectivity index (χ0n) is 11.7. The zero-order chi connectivity index (χ0) is 13.8. The minimum Gasteiger partial charge on any atom is -0.492 e. The van der Waals surface area contributed by atoms with Crippen LogP contribution in [0.25, 0.3) is 0 Å². The lowest BCUT2D eigenvalue weighted by Crippen LogP contribution is -2.37. The molecule has 0 aliphatic carbocycles. The smallest absolute Gasteiger partial charge is 0.227 e. The van der Waals surface area contributed by atoms with E-state index in [0.717, 1.165) is 24.4 Å². The summed E-state index contributed by atoms with van der Waals surface area (Å²) < 4.78 is 5.54. The number of carbonyl (C=O) groups excluding carboxylic acids is 1. The third-order valence-electron chi connectivity index (χ3n) is 3.19. The van der Waals surface area contributed by atoms with Crippen LogP contribution in [0.5, 0.6) is 5.75 Å². The number of amides is 1. The van der Waals surface area contributed by atoms with Gasteiger partial charge in [0.1, 0.15) is 12.4 Å². The van der Waals surface area contributed by atoms with Gasteiger partial charge in [-0.25, -0.2) is 0 Å². The van der Waals surface area contributed by atoms with E-state index < -0.39 is 0 Å². The van der Waals surface area contributed by atoms with Crippen LogP contribution in [0, 0.1) is 5.92 Å². The van der Waals surface area contributed by atoms with Crippen LogP contribution < -0.4 is 15.4 Å². The quantitative estimate of drug-likeness (QED) is 0.882. The Morgan fingerprint density at radius 1 is 1.37 bits per heavy atom. The monoisotopic (exact) mass is 262 g/mol. The molecule has 104 valence electrons. The summed E-state index contributed by atoms with van der Waals surface area (Å²) in [6.45, 7) is 6.05. The second-order valence-electron chi connectivity index (χ2n) is 5.33. The van der Waals surface area contributed by atoms with E-state index in [0.29, 0.717) is 25.5 Å². The van der Waals surface area contributed by atoms with Crippen LogP contribution in [-0.2, 0) is 11.2 Å². The number of aryl methyl sites for hydroxylation is 1. The van der Waals surface area contributed by atoms with E-state index in [1.54, 1.807) is 0 Å². The van der Waals surface area contributed by atoms with Gasteiger partial charge in [0.05, 0.1) is 0 Å². The van der Waals surface area contributed by atoms with Gasteiger partial charge in [0.2, 0.25) is 5.91 Å². The standard InChI is InChI=1S/C15H22N2O2/c1-11(2)10-17-14-5-4-13(19-8-7-16)9-12(14)3-6-15(17)18/h4-5,9,11H,3,6-8,10,16H2,1-2H3. The molecule has 0 fully saturated rings. The Morgan fingerprint density at radius 2 is 2.16 bits per heavy atom. The number of nitrogens with zero attached hydrogens (tertiary/aromatic N) is 1. The van der Waals surface area contributed by atoms with E-state index in [4.69, 9.17) is 10.5 Å². The fourth-order valence-corrected chi connectivity index (χ4v) is 2.37. The summed E-state index contributed by atoms with van der Waals surface area (Å²) >= 11 is 0. The molecule has 2 rings (SSSR count). The van der Waals surface area contributed by atoms with Crippen LogP contribution >= 0.6 is 0 Å². The lowest BCUT2D eigenvalue weighted by Gasteiger charge is -2.31. The minimum atomic E-state index is 0.219. The summed E-state index contributed by atoms with van der Waals surface area (Å²) in [4.78, 5) is 13.9. The molecule has 2 N–H and O–H groups in total. The molecule has 1 aromatic rings. The predicted octanol–water partition coefficient (Wildman–Crippen LogP) is 1.96. The Morgan fingerprint density at radius 3 is 2.84 bits per heavy atom. The van der Waals surface area contributed by atoms with E-state index >= 15 is 0 Å². The highest BCUT2D eigenvalue weighted by Gasteiger charge is 2.24. The third kappa shape index (κ3) is 3.26. The number of rotatable bonds is 5. The molecule has 1 aromatic carbocycles. The van der Waals surface area contributed by atoms with Gasteiger partial charge in [0.25, 0.3) is 0 Å². The number of carbonyl (C=O) groups is 1. The van der Waals surface area contributed by atoms with Gasteiger partial charge < -0.3 is 15.4 Å². The molecule has 1 heterocycles. The topological polar surface area (TPSA) is 55.6 Å². The van der Waals surface area contributed by atoms with Crippen molar-refractivity contribution in [3.05, 3.63) is 23.8 Å². The molecular weight excluding hydrogens is 240 g/mol. The first-order valence-corrected chi connectivity index (χ1v) is 6.88. The molecule has 1 aliphatic heterocycles. The largest absolute Gasteiger partial charge is 0.492 e. The predicted molar refractivity (Wildman–Crippen MR) is 76.5 cm³/mol. The van der Waals surface area contributed by atoms with Crippen LogP contribution in [-0.4, -0.2) is 25.6 Å². The highest BCUT2D eigenvalue weighted by molar-refractivity contribution is 5.96. The number of anilines is 1. The van der Waals surface area contributed by atoms with Crippen LogP contribution in [0.3, 0.4) is 0 Å². The molecular formula is C15H22N2O2. The van der Waals surface area contributed by atoms with E-state index in [1.165, 1.54) is 5.56 Å². The van der Waals surface area contributed by atoms with Crippen molar-refractivity contribution < 1.29 is 9.53 Å². The average molecular weight is 262 g/mol. The van der Waals surface area contributed by atoms with Crippen molar-refractivity contribution in [2.45, 2.75) is 26.7 Å². The maximum absolute atomic E-state index is 12.0. The van der Waals surface area contributed by atoms with Gasteiger partial charge in [-0.15, -0.1) is 0 Å². The van der Waals surface area contributed by atoms with Crippen molar-refractivity contribution in [1.29, 1.82) is 0 Å². The summed E-state index contributed by atoms with van der Waals surface area (Å²) in [5.41, 5.74) is 7.65. The van der Waals surface area contributed by atoms with Crippen molar-refractivity contribution in [1.82, 2.24) is 0 Å². The molecule has 0 spiro atoms. The van der Waals surface area contributed by atoms with Gasteiger partial charge in [0, 0.05) is 25.2 Å². The molecule has 0 unspecified atom stereocenters. The van der Waals surface area contributed by atoms with Gasteiger partial charge in [-0.3, -0.25) is 4.79 Å². The second-order valence-corrected chi connectivity index (χ2v) is 5.33. The Labute approximate surface area is 114 Å². The Kier molecular flexibility index (Phi) is 4.43. The number of hydrogen-bond acceptors (Lipinski definition) is 3. The molecule has 4 heteroatoms. The number of nitrogens with two attached hydrogens (primary N) is 1. The first-order chi connectivity index (χ1) is 9.11. The zero-order valence-corrected chi connectivity index (χ0v) is 11.7. The molecule has 0 radical (unpaired) electrons. The van der Waals surface area contributed by atoms with Crippen LogP contribution in [0.1, 0.15) is 25.8 Å². The summed E-state index contributed by atoms with van der Waals surface area (Å²) in [5, 5.41) is 0. The number of ether oxygens (including phenoxy) is 1. The van der Waals surface area contributed by atoms with Crippen LogP contribution in [0.2, 0.25) is 0 Å². The van der Waals surface area contributed by atoms with Gasteiger partial charge in [-0.2, -0.15) is 0 Å². The highest BCUT2D eigenvalue weighted by Crippen LogP contribution is 2.31. The average Bonchev–Trinajstić information content (AvgIpc) is 2.39. The molecule has 1 aliphatic rings. The first-order valence-electron chi connectivity index (χ1n) is 6.88. The maximum atomic E-state index is 12.0. The Balaban J connectivity index is 2.22. The number of hydrogen-bond donors (Lipinski definition) is 1. The van der Waals surface area contributed by atoms with E-state index in [-0.39, 0.29) is 5.91 Å². The number of fused-ring (bicyclic) bond motifs is 1. The molecule has 0 atom stereocenters. The lowest BCUT2D eigenvalue weighted by atomic mass is 9.99. The SMILES string of the molecule is CC(C)CN1C(=O)CCc2cc(OCCN)ccc21. The Hall–Kier alpha value is -1.55. The van der Waals surface area contributed by atoms with Crippen molar-refractivity contribution in [2.75, 3.05) is 24.6 Å². The van der Waals surface area contributed by atoms with E-state index in [1.807, 2.05) is 23.1 Å². The van der Waals surface area contributed by atoms with E-state index in [2.05, 4.69) is 13.8 Å². The highest BCUT2D eigenvalue weighted by atomic mass is 16.5. The van der Waals surface area contributed by atoms with Crippen molar-refractivity contribution in [3.8, 4) is 5.75 Å². The van der Waals surface area contributed by atoms with Crippen molar-refractivity contribution >= 4 is 11.6 Å². The fourth-order valence-electron chi connectivity index (χ4n) is 2.37. The molecule has 1 amide bonds. The number of benzene rings is 1. The van der Waals surface area contributed by atoms with Crippen molar-refractivity contribution in [3.63, 3.8) is 0 Å². The third-order valence-corrected chi connectivity index (χ3v) is 3.19. The summed E-state index contributed by atoms with van der Waals surface area (Å²) in [5.74, 6) is 1.52. The molecule has 0 saturated carbocycles. The van der Waals surface area contributed by atoms with Gasteiger partial charge in [0.15, 0.2) is 0 Å². The molecule has 0 bridgehead atoms. The molecule has 4 nitrogen and oxygen atoms in total. The Bertz CT molecular complexity index is 457. The maximum Gasteiger partial charge on any atom is 0.227 e. The first kappa shape index (κ1) is 13.9. The molecule has 0 saturated heterocycles. The lowest BCUT2D eigenvalue weighted by molar-refractivity contribution is -0.119. The van der Waals surface area contributed by atoms with Gasteiger partial charge >= 0.3 is 0 Å². The molecule has 0 aromatic heterocycles. The summed E-state index contributed by atoms with van der Waals surface area (Å²) in [6, 6.07) is 5.94. The fraction of sp³-hybridized carbons (Fsp3) is 0.533. The van der Waals surface area contributed by atoms with Crippen molar-refractivity contribution in [2.24, 2.45) is 11.7 Å². The summed E-state index contributed by atoms with van der Waals surface area (Å²) in [7, 11) is 0. The van der Waals surface area contributed by atoms with Crippen LogP contribution in [0.15, 0.2) is 18.2 Å². The van der Waals surface area contributed by atoms with Crippen LogP contribution in [0.4, 0.5) is 5.69 Å².